The summed E-state index contributed by atoms with van der Waals surface area (Å²) in [5, 5.41) is 30.9. The number of hydrogen-bond acceptors (Lipinski definition) is 11. The van der Waals surface area contributed by atoms with Crippen LogP contribution in [0.5, 0.6) is 0 Å². The molecule has 12 nitrogen and oxygen atoms in total. The Labute approximate surface area is 368 Å². The highest BCUT2D eigenvalue weighted by atomic mass is 32.2. The summed E-state index contributed by atoms with van der Waals surface area (Å²) in [6.45, 7) is 3.61. The smallest absolute Gasteiger partial charge is 0.306 e. The largest absolute Gasteiger partial charge is 0.462 e. The Bertz CT molecular complexity index is 1360. The normalized spacial score (nSPS) is 20.5. The SMILES string of the molecule is CC/C=C\C/C=C\C/C=C\C/C=C\CCCCCCCCC(=O)OC(COC(=O)CCCCCCC/C=C\CCCCCCC)COC1OC(CS(=O)(=O)O)C(O)C(O)C1O. The van der Waals surface area contributed by atoms with Crippen molar-refractivity contribution < 1.29 is 56.8 Å². The van der Waals surface area contributed by atoms with Gasteiger partial charge in [0.15, 0.2) is 12.4 Å². The predicted octanol–water partition coefficient (Wildman–Crippen LogP) is 9.73. The van der Waals surface area contributed by atoms with Crippen LogP contribution in [0.3, 0.4) is 0 Å². The molecule has 0 spiro atoms. The van der Waals surface area contributed by atoms with E-state index in [1.54, 1.807) is 0 Å². The summed E-state index contributed by atoms with van der Waals surface area (Å²) in [5.74, 6) is -2.02. The van der Waals surface area contributed by atoms with Gasteiger partial charge in [-0.3, -0.25) is 14.1 Å². The second-order valence-corrected chi connectivity index (χ2v) is 17.5. The summed E-state index contributed by atoms with van der Waals surface area (Å²) in [6, 6.07) is 0. The number of aliphatic hydroxyl groups excluding tert-OH is 3. The first-order valence-corrected chi connectivity index (χ1v) is 25.0. The Balaban J connectivity index is 2.45. The first-order chi connectivity index (χ1) is 29.5. The molecule has 1 heterocycles. The quantitative estimate of drug-likeness (QED) is 0.0199. The fraction of sp³-hybridized carbons (Fsp3) is 0.750. The van der Waals surface area contributed by atoms with Crippen molar-refractivity contribution in [3.05, 3.63) is 60.8 Å². The standard InChI is InChI=1S/C48H82O12S/c1-3-5-7-9-11-13-15-17-19-20-21-22-23-25-27-29-31-33-35-37-44(50)59-41(39-58-48-47(53)46(52)45(51)42(60-48)40-61(54,55)56)38-57-43(49)36-34-32-30-28-26-24-18-16-14-12-10-8-6-4-2/h5,7,11,13,16-19,21-22,41-42,45-48,51-53H,3-4,6,8-10,12,14-15,20,23-40H2,1-2H3,(H,54,55,56)/b7-5-,13-11-,18-16-,19-17-,22-21-. The number of unbranched alkanes of at least 4 members (excludes halogenated alkanes) is 16. The maximum atomic E-state index is 12.8. The van der Waals surface area contributed by atoms with Crippen LogP contribution in [0, 0.1) is 0 Å². The van der Waals surface area contributed by atoms with E-state index in [1.807, 2.05) is 0 Å². The second-order valence-electron chi connectivity index (χ2n) is 16.0. The third-order valence-corrected chi connectivity index (χ3v) is 11.1. The van der Waals surface area contributed by atoms with E-state index >= 15 is 0 Å². The van der Waals surface area contributed by atoms with Crippen LogP contribution < -0.4 is 0 Å². The molecule has 1 aliphatic heterocycles. The number of aliphatic hydroxyl groups is 3. The second kappa shape index (κ2) is 37.9. The lowest BCUT2D eigenvalue weighted by atomic mass is 10.00. The first-order valence-electron chi connectivity index (χ1n) is 23.3. The van der Waals surface area contributed by atoms with Gasteiger partial charge in [0, 0.05) is 12.8 Å². The number of rotatable bonds is 38. The van der Waals surface area contributed by atoms with Crippen LogP contribution >= 0.6 is 0 Å². The number of allylic oxidation sites excluding steroid dienone is 10. The van der Waals surface area contributed by atoms with Crippen molar-refractivity contribution in [2.24, 2.45) is 0 Å². The van der Waals surface area contributed by atoms with Gasteiger partial charge in [0.25, 0.3) is 10.1 Å². The van der Waals surface area contributed by atoms with E-state index in [0.717, 1.165) is 103 Å². The van der Waals surface area contributed by atoms with E-state index in [4.69, 9.17) is 18.9 Å². The molecule has 0 aromatic carbocycles. The molecule has 0 bridgehead atoms. The maximum absolute atomic E-state index is 12.8. The summed E-state index contributed by atoms with van der Waals surface area (Å²) >= 11 is 0. The van der Waals surface area contributed by atoms with Crippen molar-refractivity contribution in [2.75, 3.05) is 19.0 Å². The molecule has 0 radical (unpaired) electrons. The molecule has 0 amide bonds. The summed E-state index contributed by atoms with van der Waals surface area (Å²) in [4.78, 5) is 25.4. The van der Waals surface area contributed by atoms with Gasteiger partial charge in [-0.05, 0) is 77.0 Å². The van der Waals surface area contributed by atoms with Crippen molar-refractivity contribution in [2.45, 2.75) is 211 Å². The Kier molecular flexibility index (Phi) is 35.0. The summed E-state index contributed by atoms with van der Waals surface area (Å²) < 4.78 is 54.1. The lowest BCUT2D eigenvalue weighted by Gasteiger charge is -2.40. The number of esters is 2. The molecule has 1 aliphatic rings. The summed E-state index contributed by atoms with van der Waals surface area (Å²) in [6.07, 6.45) is 36.9. The molecule has 4 N–H and O–H groups in total. The molecule has 0 saturated carbocycles. The summed E-state index contributed by atoms with van der Waals surface area (Å²) in [7, 11) is -4.61. The molecule has 0 aromatic rings. The zero-order valence-electron chi connectivity index (χ0n) is 37.5. The zero-order valence-corrected chi connectivity index (χ0v) is 38.3. The van der Waals surface area contributed by atoms with Crippen LogP contribution in [0.15, 0.2) is 60.8 Å². The molecular formula is C48H82O12S. The summed E-state index contributed by atoms with van der Waals surface area (Å²) in [5.41, 5.74) is 0. The molecule has 1 fully saturated rings. The molecule has 6 unspecified atom stereocenters. The van der Waals surface area contributed by atoms with Crippen molar-refractivity contribution in [1.29, 1.82) is 0 Å². The maximum Gasteiger partial charge on any atom is 0.306 e. The van der Waals surface area contributed by atoms with E-state index in [0.29, 0.717) is 12.8 Å². The zero-order chi connectivity index (χ0) is 44.8. The van der Waals surface area contributed by atoms with Gasteiger partial charge in [0.2, 0.25) is 0 Å². The van der Waals surface area contributed by atoms with Crippen molar-refractivity contribution in [1.82, 2.24) is 0 Å². The molecule has 6 atom stereocenters. The van der Waals surface area contributed by atoms with Crippen molar-refractivity contribution >= 4 is 22.1 Å². The molecule has 13 heteroatoms. The van der Waals surface area contributed by atoms with Gasteiger partial charge < -0.3 is 34.3 Å². The monoisotopic (exact) mass is 883 g/mol. The highest BCUT2D eigenvalue weighted by molar-refractivity contribution is 7.85. The molecule has 0 aromatic heterocycles. The Morgan fingerprint density at radius 2 is 1.03 bits per heavy atom. The van der Waals surface area contributed by atoms with E-state index in [2.05, 4.69) is 74.6 Å². The third-order valence-electron chi connectivity index (χ3n) is 10.3. The third kappa shape index (κ3) is 32.7. The van der Waals surface area contributed by atoms with E-state index in [1.165, 1.54) is 32.1 Å². The van der Waals surface area contributed by atoms with Gasteiger partial charge in [0.05, 0.1) is 6.61 Å². The first kappa shape index (κ1) is 56.4. The van der Waals surface area contributed by atoms with Gasteiger partial charge >= 0.3 is 11.9 Å². The van der Waals surface area contributed by atoms with Crippen molar-refractivity contribution in [3.8, 4) is 0 Å². The number of ether oxygens (including phenoxy) is 4. The minimum atomic E-state index is -4.61. The fourth-order valence-corrected chi connectivity index (χ4v) is 7.41. The highest BCUT2D eigenvalue weighted by Crippen LogP contribution is 2.24. The molecule has 0 aliphatic carbocycles. The van der Waals surface area contributed by atoms with E-state index in [9.17, 15) is 37.9 Å². The topological polar surface area (TPSA) is 186 Å². The number of carbonyl (C=O) groups is 2. The highest BCUT2D eigenvalue weighted by Gasteiger charge is 2.46. The van der Waals surface area contributed by atoms with E-state index in [-0.39, 0.29) is 19.4 Å². The predicted molar refractivity (Wildman–Crippen MR) is 242 cm³/mol. The van der Waals surface area contributed by atoms with Crippen LogP contribution in [-0.2, 0) is 38.7 Å². The molecule has 61 heavy (non-hydrogen) atoms. The Morgan fingerprint density at radius 1 is 0.574 bits per heavy atom. The Hall–Kier alpha value is -2.65. The number of carbonyl (C=O) groups excluding carboxylic acids is 2. The van der Waals surface area contributed by atoms with Gasteiger partial charge in [-0.15, -0.1) is 0 Å². The van der Waals surface area contributed by atoms with Gasteiger partial charge in [-0.1, -0.05) is 145 Å². The average molecular weight is 883 g/mol. The lowest BCUT2D eigenvalue weighted by molar-refractivity contribution is -0.297. The molecule has 1 rings (SSSR count). The van der Waals surface area contributed by atoms with Crippen LogP contribution in [0.25, 0.3) is 0 Å². The molecule has 352 valence electrons. The molecular weight excluding hydrogens is 801 g/mol. The van der Waals surface area contributed by atoms with Gasteiger partial charge in [0.1, 0.15) is 36.8 Å². The van der Waals surface area contributed by atoms with E-state index < -0.39 is 71.2 Å². The van der Waals surface area contributed by atoms with Crippen LogP contribution in [0.4, 0.5) is 0 Å². The molecule has 1 saturated heterocycles. The fourth-order valence-electron chi connectivity index (χ4n) is 6.72. The average Bonchev–Trinajstić information content (AvgIpc) is 3.22. The van der Waals surface area contributed by atoms with Crippen molar-refractivity contribution in [3.63, 3.8) is 0 Å². The van der Waals surface area contributed by atoms with Crippen LogP contribution in [0.2, 0.25) is 0 Å². The van der Waals surface area contributed by atoms with Gasteiger partial charge in [-0.25, -0.2) is 0 Å². The Morgan fingerprint density at radius 3 is 1.56 bits per heavy atom. The van der Waals surface area contributed by atoms with Gasteiger partial charge in [-0.2, -0.15) is 8.42 Å². The number of hydrogen-bond donors (Lipinski definition) is 4. The minimum absolute atomic E-state index is 0.144. The lowest BCUT2D eigenvalue weighted by Crippen LogP contribution is -2.60. The minimum Gasteiger partial charge on any atom is -0.462 e. The van der Waals surface area contributed by atoms with Crippen LogP contribution in [-0.4, -0.2) is 96.0 Å². The van der Waals surface area contributed by atoms with Crippen LogP contribution in [0.1, 0.15) is 174 Å².